The lowest BCUT2D eigenvalue weighted by atomic mass is 9.94. The van der Waals surface area contributed by atoms with E-state index in [-0.39, 0.29) is 19.2 Å². The molecule has 0 unspecified atom stereocenters. The highest BCUT2D eigenvalue weighted by atomic mass is 16.3. The zero-order valence-electron chi connectivity index (χ0n) is 14.4. The molecule has 1 fully saturated rings. The van der Waals surface area contributed by atoms with Gasteiger partial charge < -0.3 is 20.8 Å². The SMILES string of the molecule is CN(Cc1ccccc1NC(=O)NC[C@H](O)CO)C1CCCCC1. The number of amides is 2. The number of carbonyl (C=O) groups excluding carboxylic acids is 1. The summed E-state index contributed by atoms with van der Waals surface area (Å²) in [7, 11) is 2.14. The molecule has 6 heteroatoms. The molecule has 4 N–H and O–H groups in total. The number of benzene rings is 1. The fraction of sp³-hybridized carbons (Fsp3) is 0.611. The lowest BCUT2D eigenvalue weighted by Gasteiger charge is -2.31. The number of para-hydroxylation sites is 1. The van der Waals surface area contributed by atoms with Crippen molar-refractivity contribution >= 4 is 11.7 Å². The van der Waals surface area contributed by atoms with Crippen LogP contribution in [-0.4, -0.2) is 53.5 Å². The molecule has 1 aromatic rings. The first-order valence-electron chi connectivity index (χ1n) is 8.72. The summed E-state index contributed by atoms with van der Waals surface area (Å²) in [5.41, 5.74) is 1.85. The van der Waals surface area contributed by atoms with Crippen LogP contribution in [0, 0.1) is 0 Å². The molecule has 6 nitrogen and oxygen atoms in total. The van der Waals surface area contributed by atoms with Gasteiger partial charge in [-0.15, -0.1) is 0 Å². The molecule has 1 saturated carbocycles. The van der Waals surface area contributed by atoms with Gasteiger partial charge in [-0.25, -0.2) is 4.79 Å². The van der Waals surface area contributed by atoms with Crippen molar-refractivity contribution in [1.29, 1.82) is 0 Å². The Labute approximate surface area is 143 Å². The van der Waals surface area contributed by atoms with E-state index >= 15 is 0 Å². The van der Waals surface area contributed by atoms with Gasteiger partial charge in [-0.3, -0.25) is 4.90 Å². The molecule has 1 aliphatic carbocycles. The number of urea groups is 1. The van der Waals surface area contributed by atoms with Crippen molar-refractivity contribution in [3.8, 4) is 0 Å². The summed E-state index contributed by atoms with van der Waals surface area (Å²) in [6.07, 6.45) is 5.47. The maximum atomic E-state index is 11.9. The molecule has 1 atom stereocenters. The molecule has 0 heterocycles. The van der Waals surface area contributed by atoms with Crippen molar-refractivity contribution in [1.82, 2.24) is 10.2 Å². The number of hydrogen-bond donors (Lipinski definition) is 4. The van der Waals surface area contributed by atoms with Gasteiger partial charge in [-0.1, -0.05) is 37.5 Å². The second kappa shape index (κ2) is 9.61. The van der Waals surface area contributed by atoms with Gasteiger partial charge in [0, 0.05) is 24.8 Å². The average Bonchev–Trinajstić information content (AvgIpc) is 2.62. The quantitative estimate of drug-likeness (QED) is 0.613. The Morgan fingerprint density at radius 3 is 2.71 bits per heavy atom. The summed E-state index contributed by atoms with van der Waals surface area (Å²) >= 11 is 0. The molecule has 24 heavy (non-hydrogen) atoms. The predicted octanol–water partition coefficient (Wildman–Crippen LogP) is 1.93. The van der Waals surface area contributed by atoms with Gasteiger partial charge in [0.25, 0.3) is 0 Å². The van der Waals surface area contributed by atoms with Crippen LogP contribution in [0.5, 0.6) is 0 Å². The minimum absolute atomic E-state index is 0.0203. The molecular formula is C18H29N3O3. The summed E-state index contributed by atoms with van der Waals surface area (Å²) in [5.74, 6) is 0. The van der Waals surface area contributed by atoms with Gasteiger partial charge in [0.15, 0.2) is 0 Å². The summed E-state index contributed by atoms with van der Waals surface area (Å²) in [6, 6.07) is 8.00. The van der Waals surface area contributed by atoms with E-state index < -0.39 is 6.10 Å². The predicted molar refractivity (Wildman–Crippen MR) is 94.9 cm³/mol. The minimum atomic E-state index is -0.941. The first-order chi connectivity index (χ1) is 11.6. The van der Waals surface area contributed by atoms with Crippen LogP contribution in [0.25, 0.3) is 0 Å². The van der Waals surface area contributed by atoms with Crippen LogP contribution in [0.1, 0.15) is 37.7 Å². The fourth-order valence-electron chi connectivity index (χ4n) is 3.14. The number of rotatable bonds is 7. The number of carbonyl (C=O) groups is 1. The third kappa shape index (κ3) is 5.78. The van der Waals surface area contributed by atoms with Crippen molar-refractivity contribution in [3.63, 3.8) is 0 Å². The Balaban J connectivity index is 1.92. The number of aliphatic hydroxyl groups excluding tert-OH is 2. The van der Waals surface area contributed by atoms with Crippen molar-refractivity contribution in [3.05, 3.63) is 29.8 Å². The molecule has 1 aliphatic rings. The monoisotopic (exact) mass is 335 g/mol. The first kappa shape index (κ1) is 18.7. The van der Waals surface area contributed by atoms with Crippen LogP contribution in [0.4, 0.5) is 10.5 Å². The lowest BCUT2D eigenvalue weighted by molar-refractivity contribution is 0.0965. The second-order valence-corrected chi connectivity index (χ2v) is 6.54. The molecule has 2 rings (SSSR count). The second-order valence-electron chi connectivity index (χ2n) is 6.54. The van der Waals surface area contributed by atoms with Crippen LogP contribution in [0.15, 0.2) is 24.3 Å². The summed E-state index contributed by atoms with van der Waals surface area (Å²) < 4.78 is 0. The molecular weight excluding hydrogens is 306 g/mol. The summed E-state index contributed by atoms with van der Waals surface area (Å²) in [4.78, 5) is 14.3. The smallest absolute Gasteiger partial charge is 0.319 e. The highest BCUT2D eigenvalue weighted by molar-refractivity contribution is 5.90. The Kier molecular flexibility index (Phi) is 7.49. The van der Waals surface area contributed by atoms with E-state index in [1.54, 1.807) is 0 Å². The number of anilines is 1. The lowest BCUT2D eigenvalue weighted by Crippen LogP contribution is -2.37. The van der Waals surface area contributed by atoms with Crippen molar-refractivity contribution < 1.29 is 15.0 Å². The topological polar surface area (TPSA) is 84.8 Å². The third-order valence-electron chi connectivity index (χ3n) is 4.59. The first-order valence-corrected chi connectivity index (χ1v) is 8.72. The van der Waals surface area contributed by atoms with Gasteiger partial charge in [0.2, 0.25) is 0 Å². The number of aliphatic hydroxyl groups is 2. The van der Waals surface area contributed by atoms with E-state index in [0.29, 0.717) is 6.04 Å². The standard InChI is InChI=1S/C18H29N3O3/c1-21(15-8-3-2-4-9-15)12-14-7-5-6-10-17(14)20-18(24)19-11-16(23)13-22/h5-7,10,15-16,22-23H,2-4,8-9,11-13H2,1H3,(H2,19,20,24)/t16-/m0/s1. The van der Waals surface area contributed by atoms with Gasteiger partial charge >= 0.3 is 6.03 Å². The van der Waals surface area contributed by atoms with E-state index in [2.05, 4.69) is 22.6 Å². The number of nitrogens with zero attached hydrogens (tertiary/aromatic N) is 1. The number of nitrogens with one attached hydrogen (secondary N) is 2. The Hall–Kier alpha value is -1.63. The van der Waals surface area contributed by atoms with Crippen LogP contribution in [0.2, 0.25) is 0 Å². The van der Waals surface area contributed by atoms with Gasteiger partial charge in [-0.05, 0) is 31.5 Å². The van der Waals surface area contributed by atoms with E-state index in [1.807, 2.05) is 24.3 Å². The zero-order chi connectivity index (χ0) is 17.4. The normalized spacial score (nSPS) is 16.8. The molecule has 0 radical (unpaired) electrons. The van der Waals surface area contributed by atoms with Crippen LogP contribution >= 0.6 is 0 Å². The summed E-state index contributed by atoms with van der Waals surface area (Å²) in [6.45, 7) is 0.440. The van der Waals surface area contributed by atoms with Crippen molar-refractivity contribution in [2.75, 3.05) is 25.5 Å². The molecule has 134 valence electrons. The average molecular weight is 335 g/mol. The van der Waals surface area contributed by atoms with Crippen molar-refractivity contribution in [2.24, 2.45) is 0 Å². The molecule has 1 aromatic carbocycles. The van der Waals surface area contributed by atoms with E-state index in [0.717, 1.165) is 17.8 Å². The van der Waals surface area contributed by atoms with Crippen LogP contribution in [0.3, 0.4) is 0 Å². The maximum Gasteiger partial charge on any atom is 0.319 e. The fourth-order valence-corrected chi connectivity index (χ4v) is 3.14. The highest BCUT2D eigenvalue weighted by Gasteiger charge is 2.19. The van der Waals surface area contributed by atoms with Crippen LogP contribution < -0.4 is 10.6 Å². The molecule has 0 aliphatic heterocycles. The molecule has 0 spiro atoms. The minimum Gasteiger partial charge on any atom is -0.394 e. The molecule has 2 amide bonds. The number of hydrogen-bond acceptors (Lipinski definition) is 4. The van der Waals surface area contributed by atoms with Gasteiger partial charge in [0.05, 0.1) is 12.7 Å². The maximum absolute atomic E-state index is 11.9. The Morgan fingerprint density at radius 2 is 2.00 bits per heavy atom. The molecule has 0 aromatic heterocycles. The van der Waals surface area contributed by atoms with E-state index in [1.165, 1.54) is 32.1 Å². The largest absolute Gasteiger partial charge is 0.394 e. The Morgan fingerprint density at radius 1 is 1.29 bits per heavy atom. The van der Waals surface area contributed by atoms with E-state index in [9.17, 15) is 9.90 Å². The van der Waals surface area contributed by atoms with Gasteiger partial charge in [-0.2, -0.15) is 0 Å². The van der Waals surface area contributed by atoms with E-state index in [4.69, 9.17) is 5.11 Å². The Bertz CT molecular complexity index is 518. The highest BCUT2D eigenvalue weighted by Crippen LogP contribution is 2.24. The third-order valence-corrected chi connectivity index (χ3v) is 4.59. The molecule has 0 saturated heterocycles. The zero-order valence-corrected chi connectivity index (χ0v) is 14.4. The summed E-state index contributed by atoms with van der Waals surface area (Å²) in [5, 5.41) is 23.4. The van der Waals surface area contributed by atoms with Crippen molar-refractivity contribution in [2.45, 2.75) is 50.8 Å². The van der Waals surface area contributed by atoms with Gasteiger partial charge in [0.1, 0.15) is 0 Å². The van der Waals surface area contributed by atoms with Crippen LogP contribution in [-0.2, 0) is 6.54 Å². The molecule has 0 bridgehead atoms.